The molecule has 170 valence electrons. The van der Waals surface area contributed by atoms with E-state index in [-0.39, 0.29) is 25.6 Å². The molecule has 8 nitrogen and oxygen atoms in total. The molecule has 0 unspecified atom stereocenters. The lowest BCUT2D eigenvalue weighted by molar-refractivity contribution is -0.145. The van der Waals surface area contributed by atoms with Gasteiger partial charge in [0.1, 0.15) is 19.2 Å². The molecule has 1 aliphatic carbocycles. The summed E-state index contributed by atoms with van der Waals surface area (Å²) in [7, 11) is 3.54. The van der Waals surface area contributed by atoms with Gasteiger partial charge in [-0.05, 0) is 43.3 Å². The minimum atomic E-state index is -1.11. The van der Waals surface area contributed by atoms with Crippen molar-refractivity contribution in [3.8, 4) is 11.1 Å². The minimum Gasteiger partial charge on any atom is -0.480 e. The number of aliphatic carboxylic acids is 1. The van der Waals surface area contributed by atoms with Gasteiger partial charge >= 0.3 is 12.1 Å². The number of fused-ring (bicyclic) bond motifs is 3. The zero-order valence-electron chi connectivity index (χ0n) is 18.6. The third kappa shape index (κ3) is 5.26. The van der Waals surface area contributed by atoms with Gasteiger partial charge in [0, 0.05) is 19.0 Å². The molecule has 0 heterocycles. The SMILES string of the molecule is CCN(CC(=O)O)C(=O)[C@H](CN(C)C)NC(=O)OCC1c2ccccc2-c2ccccc21. The molecule has 0 bridgehead atoms. The van der Waals surface area contributed by atoms with Crippen LogP contribution in [-0.2, 0) is 14.3 Å². The number of carbonyl (C=O) groups excluding carboxylic acids is 2. The van der Waals surface area contributed by atoms with Crippen LogP contribution < -0.4 is 5.32 Å². The van der Waals surface area contributed by atoms with E-state index in [2.05, 4.69) is 17.4 Å². The number of carbonyl (C=O) groups is 3. The van der Waals surface area contributed by atoms with Crippen molar-refractivity contribution in [3.05, 3.63) is 59.7 Å². The van der Waals surface area contributed by atoms with Gasteiger partial charge in [-0.2, -0.15) is 0 Å². The van der Waals surface area contributed by atoms with Crippen molar-refractivity contribution in [1.29, 1.82) is 0 Å². The predicted octanol–water partition coefficient (Wildman–Crippen LogP) is 2.39. The van der Waals surface area contributed by atoms with Gasteiger partial charge in [-0.15, -0.1) is 0 Å². The van der Waals surface area contributed by atoms with Crippen molar-refractivity contribution in [2.45, 2.75) is 18.9 Å². The Morgan fingerprint density at radius 3 is 2.09 bits per heavy atom. The van der Waals surface area contributed by atoms with Crippen LogP contribution >= 0.6 is 0 Å². The monoisotopic (exact) mass is 439 g/mol. The molecule has 8 heteroatoms. The van der Waals surface area contributed by atoms with Crippen LogP contribution in [0.3, 0.4) is 0 Å². The first kappa shape index (κ1) is 23.3. The third-order valence-electron chi connectivity index (χ3n) is 5.50. The maximum absolute atomic E-state index is 12.8. The van der Waals surface area contributed by atoms with E-state index in [0.717, 1.165) is 22.3 Å². The highest BCUT2D eigenvalue weighted by molar-refractivity contribution is 5.88. The lowest BCUT2D eigenvalue weighted by Gasteiger charge is -2.27. The molecular weight excluding hydrogens is 410 g/mol. The van der Waals surface area contributed by atoms with E-state index in [9.17, 15) is 14.4 Å². The number of likely N-dealkylation sites (N-methyl/N-ethyl adjacent to an activating group) is 2. The summed E-state index contributed by atoms with van der Waals surface area (Å²) < 4.78 is 5.54. The summed E-state index contributed by atoms with van der Waals surface area (Å²) in [6, 6.07) is 15.2. The number of rotatable bonds is 9. The van der Waals surface area contributed by atoms with Crippen molar-refractivity contribution < 1.29 is 24.2 Å². The molecule has 1 atom stereocenters. The highest BCUT2D eigenvalue weighted by atomic mass is 16.5. The molecule has 2 aromatic carbocycles. The van der Waals surface area contributed by atoms with E-state index in [1.54, 1.807) is 25.9 Å². The average molecular weight is 440 g/mol. The summed E-state index contributed by atoms with van der Waals surface area (Å²) in [5.41, 5.74) is 4.46. The molecule has 0 aromatic heterocycles. The first-order chi connectivity index (χ1) is 15.3. The van der Waals surface area contributed by atoms with Gasteiger partial charge in [0.15, 0.2) is 0 Å². The number of hydrogen-bond acceptors (Lipinski definition) is 5. The normalized spacial score (nSPS) is 13.2. The van der Waals surface area contributed by atoms with Crippen LogP contribution in [0.2, 0.25) is 0 Å². The standard InChI is InChI=1S/C24H29N3O5/c1-4-27(14-22(28)29)23(30)21(13-26(2)3)25-24(31)32-15-20-18-11-7-5-9-16(18)17-10-6-8-12-19(17)20/h5-12,20-21H,4,13-15H2,1-3H3,(H,25,31)(H,28,29)/t21-/m0/s1. The van der Waals surface area contributed by atoms with Crippen LogP contribution in [0.15, 0.2) is 48.5 Å². The fourth-order valence-corrected chi connectivity index (χ4v) is 4.06. The Balaban J connectivity index is 1.69. The van der Waals surface area contributed by atoms with Crippen LogP contribution in [0.1, 0.15) is 24.0 Å². The molecule has 1 aliphatic rings. The molecule has 0 fully saturated rings. The van der Waals surface area contributed by atoms with Crippen molar-refractivity contribution in [2.75, 3.05) is 40.3 Å². The number of benzene rings is 2. The zero-order chi connectivity index (χ0) is 23.3. The topological polar surface area (TPSA) is 99.2 Å². The first-order valence-corrected chi connectivity index (χ1v) is 10.6. The first-order valence-electron chi connectivity index (χ1n) is 10.6. The number of alkyl carbamates (subject to hydrolysis) is 1. The summed E-state index contributed by atoms with van der Waals surface area (Å²) in [4.78, 5) is 39.5. The van der Waals surface area contributed by atoms with Gasteiger partial charge in [-0.1, -0.05) is 48.5 Å². The number of nitrogens with one attached hydrogen (secondary N) is 1. The van der Waals surface area contributed by atoms with E-state index in [0.29, 0.717) is 0 Å². The van der Waals surface area contributed by atoms with Gasteiger partial charge in [-0.25, -0.2) is 4.79 Å². The van der Waals surface area contributed by atoms with E-state index in [4.69, 9.17) is 9.84 Å². The number of carboxylic acid groups (broad SMARTS) is 1. The van der Waals surface area contributed by atoms with Crippen molar-refractivity contribution in [1.82, 2.24) is 15.1 Å². The van der Waals surface area contributed by atoms with Crippen molar-refractivity contribution >= 4 is 18.0 Å². The number of hydrogen-bond donors (Lipinski definition) is 2. The molecule has 2 amide bonds. The Morgan fingerprint density at radius 2 is 1.59 bits per heavy atom. The number of amides is 2. The molecule has 32 heavy (non-hydrogen) atoms. The zero-order valence-corrected chi connectivity index (χ0v) is 18.6. The van der Waals surface area contributed by atoms with Crippen LogP contribution in [0.4, 0.5) is 4.79 Å². The fourth-order valence-electron chi connectivity index (χ4n) is 4.06. The highest BCUT2D eigenvalue weighted by Crippen LogP contribution is 2.44. The molecule has 0 radical (unpaired) electrons. The summed E-state index contributed by atoms with van der Waals surface area (Å²) >= 11 is 0. The Hall–Kier alpha value is -3.39. The minimum absolute atomic E-state index is 0.0877. The smallest absolute Gasteiger partial charge is 0.407 e. The van der Waals surface area contributed by atoms with Gasteiger partial charge < -0.3 is 25.0 Å². The second-order valence-corrected chi connectivity index (χ2v) is 8.03. The molecule has 0 aliphatic heterocycles. The second-order valence-electron chi connectivity index (χ2n) is 8.03. The summed E-state index contributed by atoms with van der Waals surface area (Å²) in [6.07, 6.45) is -0.710. The van der Waals surface area contributed by atoms with E-state index < -0.39 is 30.6 Å². The van der Waals surface area contributed by atoms with Crippen LogP contribution in [0.5, 0.6) is 0 Å². The number of nitrogens with zero attached hydrogens (tertiary/aromatic N) is 2. The largest absolute Gasteiger partial charge is 0.480 e. The Kier molecular flexibility index (Phi) is 7.48. The molecule has 2 aromatic rings. The van der Waals surface area contributed by atoms with Gasteiger partial charge in [0.25, 0.3) is 0 Å². The fraction of sp³-hybridized carbons (Fsp3) is 0.375. The lowest BCUT2D eigenvalue weighted by atomic mass is 9.98. The van der Waals surface area contributed by atoms with Gasteiger partial charge in [0.2, 0.25) is 5.91 Å². The van der Waals surface area contributed by atoms with Gasteiger partial charge in [0.05, 0.1) is 0 Å². The second kappa shape index (κ2) is 10.3. The number of carboxylic acids is 1. The lowest BCUT2D eigenvalue weighted by Crippen LogP contribution is -2.54. The summed E-state index contributed by atoms with van der Waals surface area (Å²) in [6.45, 7) is 1.85. The molecule has 2 N–H and O–H groups in total. The molecule has 0 spiro atoms. The Labute approximate surface area is 187 Å². The van der Waals surface area contributed by atoms with E-state index in [1.165, 1.54) is 4.90 Å². The Bertz CT molecular complexity index is 946. The third-order valence-corrected chi connectivity index (χ3v) is 5.50. The van der Waals surface area contributed by atoms with E-state index >= 15 is 0 Å². The molecule has 3 rings (SSSR count). The molecular formula is C24H29N3O5. The highest BCUT2D eigenvalue weighted by Gasteiger charge is 2.31. The average Bonchev–Trinajstić information content (AvgIpc) is 3.08. The maximum Gasteiger partial charge on any atom is 0.407 e. The van der Waals surface area contributed by atoms with E-state index in [1.807, 2.05) is 36.4 Å². The van der Waals surface area contributed by atoms with Crippen LogP contribution in [0.25, 0.3) is 11.1 Å². The van der Waals surface area contributed by atoms with Crippen molar-refractivity contribution in [2.24, 2.45) is 0 Å². The van der Waals surface area contributed by atoms with Gasteiger partial charge in [-0.3, -0.25) is 9.59 Å². The van der Waals surface area contributed by atoms with Crippen LogP contribution in [0, 0.1) is 0 Å². The maximum atomic E-state index is 12.8. The van der Waals surface area contributed by atoms with Crippen LogP contribution in [-0.4, -0.2) is 79.3 Å². The summed E-state index contributed by atoms with van der Waals surface area (Å²) in [5.74, 6) is -1.66. The quantitative estimate of drug-likeness (QED) is 0.623. The predicted molar refractivity (Wildman–Crippen MR) is 120 cm³/mol. The molecule has 0 saturated heterocycles. The molecule has 0 saturated carbocycles. The Morgan fingerprint density at radius 1 is 1.03 bits per heavy atom. The number of ether oxygens (including phenoxy) is 1. The van der Waals surface area contributed by atoms with Crippen molar-refractivity contribution in [3.63, 3.8) is 0 Å². The summed E-state index contributed by atoms with van der Waals surface area (Å²) in [5, 5.41) is 11.7.